The summed E-state index contributed by atoms with van der Waals surface area (Å²) in [5.74, 6) is 1.84. The maximum absolute atomic E-state index is 13.0. The highest BCUT2D eigenvalue weighted by Gasteiger charge is 2.38. The molecule has 0 radical (unpaired) electrons. The first-order chi connectivity index (χ1) is 11.6. The number of hydrogen-bond donors (Lipinski definition) is 0. The third kappa shape index (κ3) is 3.28. The first-order valence-electron chi connectivity index (χ1n) is 8.86. The van der Waals surface area contributed by atoms with Gasteiger partial charge in [-0.3, -0.25) is 4.79 Å². The smallest absolute Gasteiger partial charge is 0.409 e. The molecule has 3 heterocycles. The molecule has 24 heavy (non-hydrogen) atoms. The summed E-state index contributed by atoms with van der Waals surface area (Å²) < 4.78 is 10.7. The van der Waals surface area contributed by atoms with Gasteiger partial charge in [-0.15, -0.1) is 0 Å². The van der Waals surface area contributed by atoms with Crippen LogP contribution in [-0.2, 0) is 16.0 Å². The summed E-state index contributed by atoms with van der Waals surface area (Å²) in [4.78, 5) is 28.4. The molecule has 0 aromatic carbocycles. The molecule has 0 saturated carbocycles. The van der Waals surface area contributed by atoms with E-state index in [0.717, 1.165) is 50.2 Å². The van der Waals surface area contributed by atoms with Gasteiger partial charge in [-0.25, -0.2) is 4.79 Å². The molecule has 1 aromatic rings. The number of likely N-dealkylation sites (tertiary alicyclic amines) is 2. The summed E-state index contributed by atoms with van der Waals surface area (Å²) in [5.41, 5.74) is 0. The van der Waals surface area contributed by atoms with Gasteiger partial charge < -0.3 is 19.0 Å². The first-order valence-corrected chi connectivity index (χ1v) is 8.86. The van der Waals surface area contributed by atoms with E-state index in [0.29, 0.717) is 13.1 Å². The molecule has 2 fully saturated rings. The van der Waals surface area contributed by atoms with E-state index in [1.165, 1.54) is 7.11 Å². The van der Waals surface area contributed by atoms with Gasteiger partial charge in [0.25, 0.3) is 0 Å². The fraction of sp³-hybridized carbons (Fsp3) is 0.667. The van der Waals surface area contributed by atoms with Crippen LogP contribution < -0.4 is 0 Å². The standard InChI is InChI=1S/C18H26N2O4/c1-3-14-8-9-16(24-14)15-7-5-11-20(15)17(21)13-6-4-10-19(12-13)18(22)23-2/h8-9,13,15H,3-7,10-12H2,1-2H3/t13-,15-/m1/s1. The summed E-state index contributed by atoms with van der Waals surface area (Å²) in [6.45, 7) is 3.94. The molecule has 6 nitrogen and oxygen atoms in total. The number of amides is 2. The minimum Gasteiger partial charge on any atom is -0.464 e. The van der Waals surface area contributed by atoms with Crippen LogP contribution in [0.1, 0.15) is 50.2 Å². The van der Waals surface area contributed by atoms with Gasteiger partial charge >= 0.3 is 6.09 Å². The monoisotopic (exact) mass is 334 g/mol. The first kappa shape index (κ1) is 16.9. The maximum Gasteiger partial charge on any atom is 0.409 e. The Morgan fingerprint density at radius 1 is 1.25 bits per heavy atom. The molecule has 0 spiro atoms. The van der Waals surface area contributed by atoms with Crippen molar-refractivity contribution in [3.8, 4) is 0 Å². The van der Waals surface area contributed by atoms with Crippen molar-refractivity contribution in [1.29, 1.82) is 0 Å². The zero-order valence-corrected chi connectivity index (χ0v) is 14.5. The molecule has 2 saturated heterocycles. The maximum atomic E-state index is 13.0. The fourth-order valence-electron chi connectivity index (χ4n) is 3.80. The van der Waals surface area contributed by atoms with E-state index in [9.17, 15) is 9.59 Å². The minimum atomic E-state index is -0.343. The van der Waals surface area contributed by atoms with E-state index < -0.39 is 0 Å². The van der Waals surface area contributed by atoms with Gasteiger partial charge in [-0.2, -0.15) is 0 Å². The molecule has 1 aromatic heterocycles. The normalized spacial score (nSPS) is 24.2. The second-order valence-electron chi connectivity index (χ2n) is 6.60. The zero-order valence-electron chi connectivity index (χ0n) is 14.5. The van der Waals surface area contributed by atoms with Crippen molar-refractivity contribution in [3.05, 3.63) is 23.7 Å². The van der Waals surface area contributed by atoms with Gasteiger partial charge in [0.15, 0.2) is 0 Å². The van der Waals surface area contributed by atoms with Crippen LogP contribution >= 0.6 is 0 Å². The van der Waals surface area contributed by atoms with Crippen molar-refractivity contribution in [1.82, 2.24) is 9.80 Å². The second-order valence-corrected chi connectivity index (χ2v) is 6.60. The molecule has 2 atom stereocenters. The Morgan fingerprint density at radius 3 is 2.75 bits per heavy atom. The van der Waals surface area contributed by atoms with Crippen molar-refractivity contribution in [2.24, 2.45) is 5.92 Å². The lowest BCUT2D eigenvalue weighted by Gasteiger charge is -2.34. The summed E-state index contributed by atoms with van der Waals surface area (Å²) in [7, 11) is 1.38. The third-order valence-corrected chi connectivity index (χ3v) is 5.10. The van der Waals surface area contributed by atoms with Crippen LogP contribution in [0.4, 0.5) is 4.79 Å². The molecular weight excluding hydrogens is 308 g/mol. The lowest BCUT2D eigenvalue weighted by Crippen LogP contribution is -2.46. The van der Waals surface area contributed by atoms with Gasteiger partial charge in [0.1, 0.15) is 11.5 Å². The Bertz CT molecular complexity index is 598. The number of carbonyl (C=O) groups excluding carboxylic acids is 2. The molecule has 2 aliphatic rings. The molecule has 2 amide bonds. The molecule has 0 N–H and O–H groups in total. The fourth-order valence-corrected chi connectivity index (χ4v) is 3.80. The lowest BCUT2D eigenvalue weighted by atomic mass is 9.96. The average Bonchev–Trinajstić information content (AvgIpc) is 3.29. The third-order valence-electron chi connectivity index (χ3n) is 5.10. The topological polar surface area (TPSA) is 63.0 Å². The van der Waals surface area contributed by atoms with Crippen LogP contribution in [0.3, 0.4) is 0 Å². The molecular formula is C18H26N2O4. The van der Waals surface area contributed by atoms with Crippen LogP contribution in [0.25, 0.3) is 0 Å². The Morgan fingerprint density at radius 2 is 2.04 bits per heavy atom. The van der Waals surface area contributed by atoms with Crippen molar-refractivity contribution >= 4 is 12.0 Å². The predicted octanol–water partition coefficient (Wildman–Crippen LogP) is 2.98. The van der Waals surface area contributed by atoms with E-state index in [4.69, 9.17) is 9.15 Å². The quantitative estimate of drug-likeness (QED) is 0.852. The number of rotatable bonds is 3. The number of carbonyl (C=O) groups is 2. The van der Waals surface area contributed by atoms with Crippen LogP contribution in [0.15, 0.2) is 16.5 Å². The average molecular weight is 334 g/mol. The Kier molecular flexibility index (Phi) is 5.11. The molecule has 0 aliphatic carbocycles. The van der Waals surface area contributed by atoms with E-state index in [1.807, 2.05) is 17.0 Å². The molecule has 6 heteroatoms. The van der Waals surface area contributed by atoms with Gasteiger partial charge in [0, 0.05) is 26.1 Å². The van der Waals surface area contributed by atoms with Crippen LogP contribution in [0, 0.1) is 5.92 Å². The lowest BCUT2D eigenvalue weighted by molar-refractivity contribution is -0.138. The molecule has 2 aliphatic heterocycles. The highest BCUT2D eigenvalue weighted by atomic mass is 16.5. The Balaban J connectivity index is 1.70. The number of nitrogens with zero attached hydrogens (tertiary/aromatic N) is 2. The summed E-state index contributed by atoms with van der Waals surface area (Å²) in [6, 6.07) is 4.03. The van der Waals surface area contributed by atoms with E-state index >= 15 is 0 Å². The Hall–Kier alpha value is -1.98. The summed E-state index contributed by atoms with van der Waals surface area (Å²) >= 11 is 0. The van der Waals surface area contributed by atoms with Crippen LogP contribution in [-0.4, -0.2) is 48.5 Å². The number of methoxy groups -OCH3 is 1. The molecule has 0 bridgehead atoms. The SMILES string of the molecule is CCc1ccc([C@H]2CCCN2C(=O)[C@@H]2CCCN(C(=O)OC)C2)o1. The van der Waals surface area contributed by atoms with E-state index in [2.05, 4.69) is 6.92 Å². The van der Waals surface area contributed by atoms with E-state index in [1.54, 1.807) is 4.90 Å². The van der Waals surface area contributed by atoms with Crippen molar-refractivity contribution < 1.29 is 18.7 Å². The van der Waals surface area contributed by atoms with Crippen molar-refractivity contribution in [2.45, 2.75) is 45.1 Å². The number of aryl methyl sites for hydroxylation is 1. The van der Waals surface area contributed by atoms with Crippen molar-refractivity contribution in [2.75, 3.05) is 26.7 Å². The number of hydrogen-bond acceptors (Lipinski definition) is 4. The number of ether oxygens (including phenoxy) is 1. The molecule has 0 unspecified atom stereocenters. The van der Waals surface area contributed by atoms with Gasteiger partial charge in [-0.1, -0.05) is 6.92 Å². The minimum absolute atomic E-state index is 0.0336. The largest absolute Gasteiger partial charge is 0.464 e. The number of piperidine rings is 1. The molecule has 132 valence electrons. The molecule has 3 rings (SSSR count). The van der Waals surface area contributed by atoms with E-state index in [-0.39, 0.29) is 24.0 Å². The highest BCUT2D eigenvalue weighted by Crippen LogP contribution is 2.35. The number of furan rings is 1. The second kappa shape index (κ2) is 7.28. The Labute approximate surface area is 142 Å². The van der Waals surface area contributed by atoms with Crippen LogP contribution in [0.5, 0.6) is 0 Å². The van der Waals surface area contributed by atoms with Crippen molar-refractivity contribution in [3.63, 3.8) is 0 Å². The van der Waals surface area contributed by atoms with Crippen LogP contribution in [0.2, 0.25) is 0 Å². The van der Waals surface area contributed by atoms with Gasteiger partial charge in [0.2, 0.25) is 5.91 Å². The summed E-state index contributed by atoms with van der Waals surface area (Å²) in [6.07, 6.45) is 4.11. The van der Waals surface area contributed by atoms with Gasteiger partial charge in [-0.05, 0) is 37.8 Å². The highest BCUT2D eigenvalue weighted by molar-refractivity contribution is 5.80. The zero-order chi connectivity index (χ0) is 17.1. The van der Waals surface area contributed by atoms with Gasteiger partial charge in [0.05, 0.1) is 19.1 Å². The summed E-state index contributed by atoms with van der Waals surface area (Å²) in [5, 5.41) is 0. The predicted molar refractivity (Wildman–Crippen MR) is 88.5 cm³/mol.